The van der Waals surface area contributed by atoms with Gasteiger partial charge in [0.1, 0.15) is 0 Å². The van der Waals surface area contributed by atoms with Crippen molar-refractivity contribution in [1.82, 2.24) is 10.2 Å². The summed E-state index contributed by atoms with van der Waals surface area (Å²) in [5.74, 6) is -2.27. The van der Waals surface area contributed by atoms with Gasteiger partial charge in [0.15, 0.2) is 0 Å². The predicted octanol–water partition coefficient (Wildman–Crippen LogP) is 2.67. The van der Waals surface area contributed by atoms with Crippen molar-refractivity contribution in [3.63, 3.8) is 0 Å². The molecule has 2 aromatic carbocycles. The third kappa shape index (κ3) is 6.15. The highest BCUT2D eigenvalue weighted by Crippen LogP contribution is 2.21. The van der Waals surface area contributed by atoms with Crippen LogP contribution in [0.25, 0.3) is 0 Å². The first-order valence-electron chi connectivity index (χ1n) is 9.40. The number of benzene rings is 2. The van der Waals surface area contributed by atoms with E-state index in [1.807, 2.05) is 0 Å². The number of nitrogens with zero attached hydrogens (tertiary/aromatic N) is 2. The molecule has 0 radical (unpaired) electrons. The van der Waals surface area contributed by atoms with E-state index >= 15 is 0 Å². The molecular weight excluding hydrogens is 406 g/mol. The number of carbonyl (C=O) groups is 4. The molecule has 0 spiro atoms. The highest BCUT2D eigenvalue weighted by molar-refractivity contribution is 6.39. The zero-order valence-electron chi connectivity index (χ0n) is 17.1. The fourth-order valence-electron chi connectivity index (χ4n) is 2.71. The third-order valence-corrected chi connectivity index (χ3v) is 4.54. The maximum atomic E-state index is 12.9. The Bertz CT molecular complexity index is 924. The standard InChI is InChI=1S/C22H24ClN3O4/c1-4-24-21(29)19(27)13-20(28)26(14-15-5-9-17(23)10-6-15)18-11-7-16(8-12-18)22(30)25(2)3/h5-12H,4,13-14H2,1-3H3,(H,24,29). The van der Waals surface area contributed by atoms with Crippen LogP contribution in [0.4, 0.5) is 5.69 Å². The van der Waals surface area contributed by atoms with Gasteiger partial charge in [0.05, 0.1) is 13.0 Å². The van der Waals surface area contributed by atoms with Crippen molar-refractivity contribution in [2.24, 2.45) is 0 Å². The van der Waals surface area contributed by atoms with E-state index in [2.05, 4.69) is 5.32 Å². The number of anilines is 1. The molecule has 0 aliphatic heterocycles. The van der Waals surface area contributed by atoms with Crippen molar-refractivity contribution in [1.29, 1.82) is 0 Å². The molecule has 0 saturated carbocycles. The van der Waals surface area contributed by atoms with Gasteiger partial charge in [-0.15, -0.1) is 0 Å². The van der Waals surface area contributed by atoms with Gasteiger partial charge < -0.3 is 15.1 Å². The number of Topliss-reactive ketones (excluding diaryl/α,β-unsaturated/α-hetero) is 1. The molecule has 0 heterocycles. The number of halogens is 1. The maximum Gasteiger partial charge on any atom is 0.287 e. The third-order valence-electron chi connectivity index (χ3n) is 4.29. The van der Waals surface area contributed by atoms with Crippen LogP contribution < -0.4 is 10.2 Å². The van der Waals surface area contributed by atoms with Crippen LogP contribution in [0.1, 0.15) is 29.3 Å². The molecule has 8 heteroatoms. The molecular formula is C22H24ClN3O4. The first kappa shape index (κ1) is 23.1. The highest BCUT2D eigenvalue weighted by atomic mass is 35.5. The minimum absolute atomic E-state index is 0.163. The first-order chi connectivity index (χ1) is 14.2. The van der Waals surface area contributed by atoms with Crippen molar-refractivity contribution in [3.05, 3.63) is 64.7 Å². The number of ketones is 1. The van der Waals surface area contributed by atoms with Gasteiger partial charge in [-0.05, 0) is 48.9 Å². The first-order valence-corrected chi connectivity index (χ1v) is 9.78. The highest BCUT2D eigenvalue weighted by Gasteiger charge is 2.23. The lowest BCUT2D eigenvalue weighted by Gasteiger charge is -2.23. The molecule has 30 heavy (non-hydrogen) atoms. The lowest BCUT2D eigenvalue weighted by molar-refractivity contribution is -0.139. The van der Waals surface area contributed by atoms with Crippen molar-refractivity contribution in [3.8, 4) is 0 Å². The Balaban J connectivity index is 2.29. The molecule has 0 fully saturated rings. The Labute approximate surface area is 180 Å². The van der Waals surface area contributed by atoms with Gasteiger partial charge >= 0.3 is 0 Å². The van der Waals surface area contributed by atoms with Crippen LogP contribution in [0, 0.1) is 0 Å². The maximum absolute atomic E-state index is 12.9. The zero-order chi connectivity index (χ0) is 22.3. The minimum atomic E-state index is -0.803. The molecule has 0 atom stereocenters. The van der Waals surface area contributed by atoms with Crippen molar-refractivity contribution in [2.75, 3.05) is 25.5 Å². The number of hydrogen-bond acceptors (Lipinski definition) is 4. The lowest BCUT2D eigenvalue weighted by atomic mass is 10.1. The largest absolute Gasteiger partial charge is 0.350 e. The van der Waals surface area contributed by atoms with Crippen LogP contribution in [-0.2, 0) is 20.9 Å². The molecule has 7 nitrogen and oxygen atoms in total. The summed E-state index contributed by atoms with van der Waals surface area (Å²) in [7, 11) is 3.30. The zero-order valence-corrected chi connectivity index (χ0v) is 17.9. The number of rotatable bonds is 8. The molecule has 2 rings (SSSR count). The second-order valence-electron chi connectivity index (χ2n) is 6.81. The summed E-state index contributed by atoms with van der Waals surface area (Å²) in [6.45, 7) is 2.17. The van der Waals surface area contributed by atoms with Gasteiger partial charge in [-0.25, -0.2) is 0 Å². The Morgan fingerprint density at radius 2 is 1.53 bits per heavy atom. The number of amides is 3. The molecule has 1 N–H and O–H groups in total. The van der Waals surface area contributed by atoms with Crippen LogP contribution in [0.15, 0.2) is 48.5 Å². The summed E-state index contributed by atoms with van der Waals surface area (Å²) in [4.78, 5) is 51.7. The van der Waals surface area contributed by atoms with Crippen LogP contribution in [0.5, 0.6) is 0 Å². The van der Waals surface area contributed by atoms with E-state index < -0.39 is 24.0 Å². The summed E-state index contributed by atoms with van der Waals surface area (Å²) in [6, 6.07) is 13.5. The summed E-state index contributed by atoms with van der Waals surface area (Å²) in [6.07, 6.45) is -0.558. The van der Waals surface area contributed by atoms with Crippen molar-refractivity contribution >= 4 is 40.8 Å². The van der Waals surface area contributed by atoms with Crippen LogP contribution in [0.3, 0.4) is 0 Å². The Kier molecular flexibility index (Phi) is 8.12. The smallest absolute Gasteiger partial charge is 0.287 e. The van der Waals surface area contributed by atoms with E-state index in [0.29, 0.717) is 22.8 Å². The fraction of sp³-hybridized carbons (Fsp3) is 0.273. The molecule has 0 aliphatic carbocycles. The van der Waals surface area contributed by atoms with Crippen molar-refractivity contribution < 1.29 is 19.2 Å². The van der Waals surface area contributed by atoms with E-state index in [1.54, 1.807) is 69.6 Å². The molecule has 0 aliphatic rings. The van der Waals surface area contributed by atoms with Gasteiger partial charge in [-0.2, -0.15) is 0 Å². The van der Waals surface area contributed by atoms with E-state index in [1.165, 1.54) is 9.80 Å². The molecule has 3 amide bonds. The fourth-order valence-corrected chi connectivity index (χ4v) is 2.84. The van der Waals surface area contributed by atoms with Gasteiger partial charge in [0, 0.05) is 36.9 Å². The Hall–Kier alpha value is -3.19. The average molecular weight is 430 g/mol. The Morgan fingerprint density at radius 1 is 0.933 bits per heavy atom. The number of nitrogens with one attached hydrogen (secondary N) is 1. The molecule has 0 saturated heterocycles. The van der Waals surface area contributed by atoms with Crippen molar-refractivity contribution in [2.45, 2.75) is 19.9 Å². The average Bonchev–Trinajstić information content (AvgIpc) is 2.72. The normalized spacial score (nSPS) is 10.3. The summed E-state index contributed by atoms with van der Waals surface area (Å²) < 4.78 is 0. The molecule has 158 valence electrons. The quantitative estimate of drug-likeness (QED) is 0.516. The summed E-state index contributed by atoms with van der Waals surface area (Å²) in [5, 5.41) is 2.96. The number of carbonyl (C=O) groups excluding carboxylic acids is 4. The van der Waals surface area contributed by atoms with Crippen LogP contribution in [0.2, 0.25) is 5.02 Å². The molecule has 0 unspecified atom stereocenters. The predicted molar refractivity (Wildman–Crippen MR) is 115 cm³/mol. The summed E-state index contributed by atoms with van der Waals surface area (Å²) in [5.41, 5.74) is 1.78. The second-order valence-corrected chi connectivity index (χ2v) is 7.25. The van der Waals surface area contributed by atoms with E-state index in [4.69, 9.17) is 11.6 Å². The molecule has 0 aromatic heterocycles. The van der Waals surface area contributed by atoms with Crippen LogP contribution >= 0.6 is 11.6 Å². The van der Waals surface area contributed by atoms with Gasteiger partial charge in [-0.1, -0.05) is 23.7 Å². The van der Waals surface area contributed by atoms with Gasteiger partial charge in [-0.3, -0.25) is 19.2 Å². The number of likely N-dealkylation sites (N-methyl/N-ethyl adjacent to an activating group) is 1. The van der Waals surface area contributed by atoms with E-state index in [0.717, 1.165) is 5.56 Å². The van der Waals surface area contributed by atoms with Gasteiger partial charge in [0.25, 0.3) is 11.8 Å². The van der Waals surface area contributed by atoms with Gasteiger partial charge in [0.2, 0.25) is 11.7 Å². The topological polar surface area (TPSA) is 86.8 Å². The monoisotopic (exact) mass is 429 g/mol. The Morgan fingerprint density at radius 3 is 2.07 bits per heavy atom. The van der Waals surface area contributed by atoms with E-state index in [9.17, 15) is 19.2 Å². The van der Waals surface area contributed by atoms with E-state index in [-0.39, 0.29) is 12.5 Å². The lowest BCUT2D eigenvalue weighted by Crippen LogP contribution is -2.37. The summed E-state index contributed by atoms with van der Waals surface area (Å²) >= 11 is 5.93. The molecule has 2 aromatic rings. The minimum Gasteiger partial charge on any atom is -0.350 e. The molecule has 0 bridgehead atoms. The van der Waals surface area contributed by atoms with Crippen LogP contribution in [-0.4, -0.2) is 49.0 Å². The second kappa shape index (κ2) is 10.5. The number of hydrogen-bond donors (Lipinski definition) is 1. The SMILES string of the molecule is CCNC(=O)C(=O)CC(=O)N(Cc1ccc(Cl)cc1)c1ccc(C(=O)N(C)C)cc1.